The number of aromatic carboxylic acids is 1. The highest BCUT2D eigenvalue weighted by Crippen LogP contribution is 2.50. The molecule has 0 radical (unpaired) electrons. The number of hydrogen-bond acceptors (Lipinski definition) is 4. The molecule has 1 aliphatic carbocycles. The number of hydrogen-bond donors (Lipinski definition) is 1. The standard InChI is InChI=1S/C20H19NO3/c1-24-14-9-10-18-17(11-14)15-3-2-4-16(15)19(21-18)12-5-7-13(8-6-12)20(22)23/h2-3,5-11,15-16,19,21H,4H2,1H3,(H,22,23)/p-1/t15-,16-,19-/m0/s1. The largest absolute Gasteiger partial charge is 0.545 e. The molecule has 0 saturated carbocycles. The van der Waals surface area contributed by atoms with Crippen LogP contribution in [0, 0.1) is 5.92 Å². The Labute approximate surface area is 140 Å². The highest BCUT2D eigenvalue weighted by Gasteiger charge is 2.37. The summed E-state index contributed by atoms with van der Waals surface area (Å²) in [6.07, 6.45) is 5.50. The van der Waals surface area contributed by atoms with Gasteiger partial charge in [-0.3, -0.25) is 0 Å². The molecule has 4 rings (SSSR count). The molecule has 0 unspecified atom stereocenters. The third-order valence-corrected chi connectivity index (χ3v) is 5.08. The highest BCUT2D eigenvalue weighted by atomic mass is 16.5. The van der Waals surface area contributed by atoms with Crippen LogP contribution in [0.4, 0.5) is 5.69 Å². The van der Waals surface area contributed by atoms with Gasteiger partial charge in [0.15, 0.2) is 0 Å². The number of carboxylic acid groups (broad SMARTS) is 1. The van der Waals surface area contributed by atoms with Crippen LogP contribution >= 0.6 is 0 Å². The molecule has 0 saturated heterocycles. The van der Waals surface area contributed by atoms with E-state index >= 15 is 0 Å². The van der Waals surface area contributed by atoms with E-state index in [0.29, 0.717) is 11.8 Å². The van der Waals surface area contributed by atoms with Crippen molar-refractivity contribution in [2.24, 2.45) is 5.92 Å². The summed E-state index contributed by atoms with van der Waals surface area (Å²) in [5.41, 5.74) is 3.68. The van der Waals surface area contributed by atoms with E-state index in [1.807, 2.05) is 18.2 Å². The average Bonchev–Trinajstić information content (AvgIpc) is 3.10. The summed E-state index contributed by atoms with van der Waals surface area (Å²) < 4.78 is 5.36. The second-order valence-corrected chi connectivity index (χ2v) is 6.34. The summed E-state index contributed by atoms with van der Waals surface area (Å²) >= 11 is 0. The fourth-order valence-electron chi connectivity index (χ4n) is 3.86. The third-order valence-electron chi connectivity index (χ3n) is 5.08. The summed E-state index contributed by atoms with van der Waals surface area (Å²) in [5.74, 6) is 0.489. The van der Waals surface area contributed by atoms with Gasteiger partial charge in [-0.25, -0.2) is 0 Å². The number of carboxylic acids is 1. The van der Waals surface area contributed by atoms with E-state index in [4.69, 9.17) is 4.74 Å². The highest BCUT2D eigenvalue weighted by molar-refractivity contribution is 5.85. The van der Waals surface area contributed by atoms with Gasteiger partial charge in [-0.1, -0.05) is 36.4 Å². The van der Waals surface area contributed by atoms with Crippen LogP contribution in [0.25, 0.3) is 0 Å². The first-order valence-electron chi connectivity index (χ1n) is 8.10. The Bertz CT molecular complexity index is 810. The molecule has 4 nitrogen and oxygen atoms in total. The van der Waals surface area contributed by atoms with Crippen LogP contribution in [0.1, 0.15) is 39.9 Å². The number of anilines is 1. The zero-order valence-electron chi connectivity index (χ0n) is 13.4. The van der Waals surface area contributed by atoms with Crippen molar-refractivity contribution < 1.29 is 14.6 Å². The molecule has 2 aromatic carbocycles. The summed E-state index contributed by atoms with van der Waals surface area (Å²) in [5, 5.41) is 14.6. The maximum absolute atomic E-state index is 10.9. The minimum atomic E-state index is -1.14. The van der Waals surface area contributed by atoms with Crippen LogP contribution in [0.15, 0.2) is 54.6 Å². The molecular formula is C20H18NO3-. The van der Waals surface area contributed by atoms with Crippen molar-refractivity contribution in [1.29, 1.82) is 0 Å². The van der Waals surface area contributed by atoms with Crippen LogP contribution in [0.3, 0.4) is 0 Å². The fourth-order valence-corrected chi connectivity index (χ4v) is 3.86. The Balaban J connectivity index is 1.71. The maximum Gasteiger partial charge on any atom is 0.119 e. The second kappa shape index (κ2) is 5.71. The lowest BCUT2D eigenvalue weighted by Crippen LogP contribution is -2.29. The minimum Gasteiger partial charge on any atom is -0.545 e. The predicted octanol–water partition coefficient (Wildman–Crippen LogP) is 2.89. The smallest absolute Gasteiger partial charge is 0.119 e. The number of ether oxygens (including phenoxy) is 1. The number of carbonyl (C=O) groups is 1. The average molecular weight is 320 g/mol. The van der Waals surface area contributed by atoms with Crippen molar-refractivity contribution in [3.8, 4) is 5.75 Å². The summed E-state index contributed by atoms with van der Waals surface area (Å²) in [7, 11) is 1.68. The molecule has 1 N–H and O–H groups in total. The van der Waals surface area contributed by atoms with E-state index in [2.05, 4.69) is 29.6 Å². The Morgan fingerprint density at radius 3 is 2.71 bits per heavy atom. The number of fused-ring (bicyclic) bond motifs is 3. The van der Waals surface area contributed by atoms with Crippen LogP contribution in [-0.2, 0) is 0 Å². The van der Waals surface area contributed by atoms with Crippen LogP contribution in [0.2, 0.25) is 0 Å². The van der Waals surface area contributed by atoms with Gasteiger partial charge < -0.3 is 20.0 Å². The summed E-state index contributed by atoms with van der Waals surface area (Å²) in [4.78, 5) is 10.9. The zero-order valence-corrected chi connectivity index (χ0v) is 13.4. The lowest BCUT2D eigenvalue weighted by Gasteiger charge is -2.37. The first-order valence-corrected chi connectivity index (χ1v) is 8.10. The van der Waals surface area contributed by atoms with Crippen molar-refractivity contribution >= 4 is 11.7 Å². The van der Waals surface area contributed by atoms with Gasteiger partial charge >= 0.3 is 0 Å². The molecular weight excluding hydrogens is 302 g/mol. The monoisotopic (exact) mass is 320 g/mol. The van der Waals surface area contributed by atoms with Gasteiger partial charge in [-0.2, -0.15) is 0 Å². The van der Waals surface area contributed by atoms with Gasteiger partial charge in [-0.05, 0) is 47.2 Å². The lowest BCUT2D eigenvalue weighted by atomic mass is 9.77. The minimum absolute atomic E-state index is 0.154. The summed E-state index contributed by atoms with van der Waals surface area (Å²) in [6, 6.07) is 13.3. The molecule has 2 aliphatic rings. The first-order chi connectivity index (χ1) is 11.7. The van der Waals surface area contributed by atoms with Gasteiger partial charge in [0, 0.05) is 11.6 Å². The first kappa shape index (κ1) is 14.8. The molecule has 0 bridgehead atoms. The molecule has 3 atom stereocenters. The van der Waals surface area contributed by atoms with E-state index in [0.717, 1.165) is 23.4 Å². The van der Waals surface area contributed by atoms with E-state index in [1.54, 1.807) is 19.2 Å². The van der Waals surface area contributed by atoms with Crippen molar-refractivity contribution in [3.63, 3.8) is 0 Å². The van der Waals surface area contributed by atoms with E-state index in [-0.39, 0.29) is 11.6 Å². The topological polar surface area (TPSA) is 61.4 Å². The van der Waals surface area contributed by atoms with Crippen LogP contribution in [-0.4, -0.2) is 13.1 Å². The van der Waals surface area contributed by atoms with E-state index < -0.39 is 5.97 Å². The van der Waals surface area contributed by atoms with Crippen molar-refractivity contribution in [3.05, 3.63) is 71.3 Å². The molecule has 1 aliphatic heterocycles. The Morgan fingerprint density at radius 1 is 1.21 bits per heavy atom. The molecule has 4 heteroatoms. The molecule has 1 heterocycles. The van der Waals surface area contributed by atoms with Gasteiger partial charge in [0.05, 0.1) is 19.1 Å². The fraction of sp³-hybridized carbons (Fsp3) is 0.250. The number of nitrogens with one attached hydrogen (secondary N) is 1. The second-order valence-electron chi connectivity index (χ2n) is 6.34. The van der Waals surface area contributed by atoms with Gasteiger partial charge in [-0.15, -0.1) is 0 Å². The van der Waals surface area contributed by atoms with Crippen LogP contribution in [0.5, 0.6) is 5.75 Å². The Hall–Kier alpha value is -2.75. The summed E-state index contributed by atoms with van der Waals surface area (Å²) in [6.45, 7) is 0. The van der Waals surface area contributed by atoms with E-state index in [1.165, 1.54) is 5.56 Å². The van der Waals surface area contributed by atoms with Crippen molar-refractivity contribution in [2.45, 2.75) is 18.4 Å². The number of carbonyl (C=O) groups excluding carboxylic acids is 1. The molecule has 0 spiro atoms. The maximum atomic E-state index is 10.9. The molecule has 0 aromatic heterocycles. The molecule has 2 aromatic rings. The number of allylic oxidation sites excluding steroid dienone is 2. The molecule has 0 fully saturated rings. The predicted molar refractivity (Wildman–Crippen MR) is 90.1 cm³/mol. The molecule has 122 valence electrons. The van der Waals surface area contributed by atoms with Crippen LogP contribution < -0.4 is 15.2 Å². The Kier molecular flexibility index (Phi) is 3.53. The zero-order chi connectivity index (χ0) is 16.7. The normalized spacial score (nSPS) is 24.0. The number of benzene rings is 2. The lowest BCUT2D eigenvalue weighted by molar-refractivity contribution is -0.255. The quantitative estimate of drug-likeness (QED) is 0.883. The number of methoxy groups -OCH3 is 1. The van der Waals surface area contributed by atoms with Gasteiger partial charge in [0.2, 0.25) is 0 Å². The van der Waals surface area contributed by atoms with Crippen molar-refractivity contribution in [2.75, 3.05) is 12.4 Å². The molecule has 0 amide bonds. The molecule has 24 heavy (non-hydrogen) atoms. The Morgan fingerprint density at radius 2 is 2.00 bits per heavy atom. The van der Waals surface area contributed by atoms with Crippen molar-refractivity contribution in [1.82, 2.24) is 0 Å². The third kappa shape index (κ3) is 2.35. The van der Waals surface area contributed by atoms with Gasteiger partial charge in [0.1, 0.15) is 5.75 Å². The SMILES string of the molecule is COc1ccc2c(c1)[C@H]1C=CC[C@@H]1[C@H](c1ccc(C(=O)[O-])cc1)N2. The van der Waals surface area contributed by atoms with E-state index in [9.17, 15) is 9.90 Å². The number of rotatable bonds is 3. The van der Waals surface area contributed by atoms with Gasteiger partial charge in [0.25, 0.3) is 0 Å².